The molecule has 0 unspecified atom stereocenters. The van der Waals surface area contributed by atoms with Crippen LogP contribution >= 0.6 is 0 Å². The maximum Gasteiger partial charge on any atom is 0.119 e. The van der Waals surface area contributed by atoms with E-state index < -0.39 is 0 Å². The van der Waals surface area contributed by atoms with Crippen molar-refractivity contribution in [3.8, 4) is 5.75 Å². The Morgan fingerprint density at radius 2 is 2.00 bits per heavy atom. The van der Waals surface area contributed by atoms with Crippen molar-refractivity contribution in [1.82, 2.24) is 10.2 Å². The third kappa shape index (κ3) is 6.49. The Kier molecular flexibility index (Phi) is 7.61. The van der Waals surface area contributed by atoms with Crippen LogP contribution in [-0.2, 0) is 6.42 Å². The Morgan fingerprint density at radius 3 is 2.81 bits per heavy atom. The van der Waals surface area contributed by atoms with Crippen molar-refractivity contribution < 1.29 is 4.74 Å². The van der Waals surface area contributed by atoms with Gasteiger partial charge in [-0.3, -0.25) is 0 Å². The summed E-state index contributed by atoms with van der Waals surface area (Å²) in [5.74, 6) is 1.03. The molecule has 1 aliphatic rings. The van der Waals surface area contributed by atoms with Gasteiger partial charge >= 0.3 is 0 Å². The summed E-state index contributed by atoms with van der Waals surface area (Å²) >= 11 is 0. The van der Waals surface area contributed by atoms with E-state index >= 15 is 0 Å². The van der Waals surface area contributed by atoms with E-state index in [4.69, 9.17) is 4.74 Å². The Morgan fingerprint density at radius 1 is 1.14 bits per heavy atom. The second kappa shape index (κ2) is 9.80. The molecular formula is C18H30N2O. The van der Waals surface area contributed by atoms with Crippen LogP contribution < -0.4 is 10.1 Å². The highest BCUT2D eigenvalue weighted by Gasteiger charge is 2.08. The minimum Gasteiger partial charge on any atom is -0.494 e. The number of nitrogens with one attached hydrogen (secondary N) is 1. The molecule has 1 heterocycles. The van der Waals surface area contributed by atoms with Gasteiger partial charge in [0.05, 0.1) is 6.61 Å². The van der Waals surface area contributed by atoms with E-state index in [9.17, 15) is 0 Å². The van der Waals surface area contributed by atoms with Gasteiger partial charge in [0.2, 0.25) is 0 Å². The standard InChI is InChI=1S/C18H30N2O/c1-2-3-15-21-18-9-6-8-17(16-18)7-4-5-12-20-13-10-19-11-14-20/h6,8-9,16,19H,2-5,7,10-15H2,1H3. The molecule has 2 rings (SSSR count). The van der Waals surface area contributed by atoms with Crippen molar-refractivity contribution in [1.29, 1.82) is 0 Å². The molecule has 0 aromatic heterocycles. The minimum atomic E-state index is 0.836. The summed E-state index contributed by atoms with van der Waals surface area (Å²) in [4.78, 5) is 2.57. The molecule has 0 amide bonds. The minimum absolute atomic E-state index is 0.836. The fourth-order valence-electron chi connectivity index (χ4n) is 2.72. The summed E-state index contributed by atoms with van der Waals surface area (Å²) in [6, 6.07) is 8.62. The highest BCUT2D eigenvalue weighted by molar-refractivity contribution is 5.28. The highest BCUT2D eigenvalue weighted by Crippen LogP contribution is 2.15. The predicted octanol–water partition coefficient (Wildman–Crippen LogP) is 3.09. The lowest BCUT2D eigenvalue weighted by atomic mass is 10.1. The van der Waals surface area contributed by atoms with E-state index in [1.807, 2.05) is 0 Å². The first-order valence-corrected chi connectivity index (χ1v) is 8.53. The second-order valence-corrected chi connectivity index (χ2v) is 5.90. The van der Waals surface area contributed by atoms with Gasteiger partial charge in [-0.2, -0.15) is 0 Å². The number of nitrogens with zero attached hydrogens (tertiary/aromatic N) is 1. The van der Waals surface area contributed by atoms with E-state index in [-0.39, 0.29) is 0 Å². The number of hydrogen-bond acceptors (Lipinski definition) is 3. The zero-order valence-corrected chi connectivity index (χ0v) is 13.4. The first-order chi connectivity index (χ1) is 10.4. The lowest BCUT2D eigenvalue weighted by molar-refractivity contribution is 0.237. The van der Waals surface area contributed by atoms with E-state index in [2.05, 4.69) is 41.4 Å². The topological polar surface area (TPSA) is 24.5 Å². The van der Waals surface area contributed by atoms with Crippen LogP contribution in [-0.4, -0.2) is 44.2 Å². The number of aryl methyl sites for hydroxylation is 1. The third-order valence-electron chi connectivity index (χ3n) is 4.06. The number of piperazine rings is 1. The van der Waals surface area contributed by atoms with Gasteiger partial charge in [-0.1, -0.05) is 25.5 Å². The largest absolute Gasteiger partial charge is 0.494 e. The van der Waals surface area contributed by atoms with Gasteiger partial charge in [-0.15, -0.1) is 0 Å². The van der Waals surface area contributed by atoms with Gasteiger partial charge in [0, 0.05) is 26.2 Å². The number of benzene rings is 1. The van der Waals surface area contributed by atoms with Crippen LogP contribution in [0.25, 0.3) is 0 Å². The van der Waals surface area contributed by atoms with Crippen LogP contribution in [0.15, 0.2) is 24.3 Å². The number of rotatable bonds is 9. The molecule has 0 atom stereocenters. The fraction of sp³-hybridized carbons (Fsp3) is 0.667. The average molecular weight is 290 g/mol. The van der Waals surface area contributed by atoms with E-state index in [0.29, 0.717) is 0 Å². The van der Waals surface area contributed by atoms with Crippen LogP contribution in [0.3, 0.4) is 0 Å². The number of hydrogen-bond donors (Lipinski definition) is 1. The molecular weight excluding hydrogens is 260 g/mol. The molecule has 0 saturated carbocycles. The molecule has 0 aliphatic carbocycles. The third-order valence-corrected chi connectivity index (χ3v) is 4.06. The van der Waals surface area contributed by atoms with Crippen LogP contribution in [0.2, 0.25) is 0 Å². The summed E-state index contributed by atoms with van der Waals surface area (Å²) in [7, 11) is 0. The zero-order chi connectivity index (χ0) is 14.8. The normalized spacial score (nSPS) is 16.0. The Balaban J connectivity index is 1.64. The van der Waals surface area contributed by atoms with E-state index in [0.717, 1.165) is 38.3 Å². The van der Waals surface area contributed by atoms with Crippen molar-refractivity contribution in [3.05, 3.63) is 29.8 Å². The molecule has 1 aromatic rings. The molecule has 21 heavy (non-hydrogen) atoms. The summed E-state index contributed by atoms with van der Waals surface area (Å²) < 4.78 is 5.77. The van der Waals surface area contributed by atoms with Gasteiger partial charge < -0.3 is 15.0 Å². The second-order valence-electron chi connectivity index (χ2n) is 5.90. The molecule has 3 nitrogen and oxygen atoms in total. The van der Waals surface area contributed by atoms with Crippen LogP contribution in [0.1, 0.15) is 38.2 Å². The summed E-state index contributed by atoms with van der Waals surface area (Å²) in [5.41, 5.74) is 1.41. The molecule has 1 N–H and O–H groups in total. The van der Waals surface area contributed by atoms with Gasteiger partial charge in [-0.05, 0) is 49.9 Å². The molecule has 0 bridgehead atoms. The average Bonchev–Trinajstić information content (AvgIpc) is 2.53. The van der Waals surface area contributed by atoms with E-state index in [1.165, 1.54) is 44.5 Å². The molecule has 1 fully saturated rings. The smallest absolute Gasteiger partial charge is 0.119 e. The summed E-state index contributed by atoms with van der Waals surface area (Å²) in [6.45, 7) is 8.99. The predicted molar refractivity (Wildman–Crippen MR) is 89.1 cm³/mol. The molecule has 0 radical (unpaired) electrons. The number of ether oxygens (including phenoxy) is 1. The Bertz CT molecular complexity index is 389. The van der Waals surface area contributed by atoms with Crippen LogP contribution in [0.5, 0.6) is 5.75 Å². The molecule has 1 saturated heterocycles. The molecule has 1 aliphatic heterocycles. The summed E-state index contributed by atoms with van der Waals surface area (Å²) in [5, 5.41) is 3.40. The molecule has 1 aromatic carbocycles. The van der Waals surface area contributed by atoms with Gasteiger partial charge in [0.15, 0.2) is 0 Å². The quantitative estimate of drug-likeness (QED) is 0.707. The fourth-order valence-corrected chi connectivity index (χ4v) is 2.72. The van der Waals surface area contributed by atoms with Crippen molar-refractivity contribution in [2.24, 2.45) is 0 Å². The van der Waals surface area contributed by atoms with Gasteiger partial charge in [0.1, 0.15) is 5.75 Å². The van der Waals surface area contributed by atoms with Crippen LogP contribution in [0.4, 0.5) is 0 Å². The maximum atomic E-state index is 5.77. The highest BCUT2D eigenvalue weighted by atomic mass is 16.5. The zero-order valence-electron chi connectivity index (χ0n) is 13.4. The Hall–Kier alpha value is -1.06. The van der Waals surface area contributed by atoms with Gasteiger partial charge in [-0.25, -0.2) is 0 Å². The van der Waals surface area contributed by atoms with E-state index in [1.54, 1.807) is 0 Å². The maximum absolute atomic E-state index is 5.77. The Labute approximate surface area is 129 Å². The van der Waals surface area contributed by atoms with Crippen molar-refractivity contribution >= 4 is 0 Å². The SMILES string of the molecule is CCCCOc1cccc(CCCCN2CCNCC2)c1. The molecule has 3 heteroatoms. The van der Waals surface area contributed by atoms with Crippen molar-refractivity contribution in [2.45, 2.75) is 39.0 Å². The lowest BCUT2D eigenvalue weighted by Gasteiger charge is -2.27. The first-order valence-electron chi connectivity index (χ1n) is 8.53. The monoisotopic (exact) mass is 290 g/mol. The number of unbranched alkanes of at least 4 members (excludes halogenated alkanes) is 2. The molecule has 118 valence electrons. The molecule has 0 spiro atoms. The summed E-state index contributed by atoms with van der Waals surface area (Å²) in [6.07, 6.45) is 6.04. The van der Waals surface area contributed by atoms with Gasteiger partial charge in [0.25, 0.3) is 0 Å². The van der Waals surface area contributed by atoms with Crippen LogP contribution in [0, 0.1) is 0 Å². The lowest BCUT2D eigenvalue weighted by Crippen LogP contribution is -2.43. The van der Waals surface area contributed by atoms with Crippen molar-refractivity contribution in [2.75, 3.05) is 39.3 Å². The van der Waals surface area contributed by atoms with Crippen molar-refractivity contribution in [3.63, 3.8) is 0 Å². The first kappa shape index (κ1) is 16.3.